The van der Waals surface area contributed by atoms with Crippen LogP contribution in [0.3, 0.4) is 0 Å². The summed E-state index contributed by atoms with van der Waals surface area (Å²) in [5.41, 5.74) is 0.718. The fourth-order valence-corrected chi connectivity index (χ4v) is 2.30. The molecule has 0 amide bonds. The second-order valence-corrected chi connectivity index (χ2v) is 4.73. The van der Waals surface area contributed by atoms with Crippen molar-refractivity contribution in [1.82, 2.24) is 0 Å². The zero-order valence-electron chi connectivity index (χ0n) is 10.8. The Kier molecular flexibility index (Phi) is 4.09. The molecule has 0 heterocycles. The number of rotatable bonds is 4. The first kappa shape index (κ1) is 13.2. The lowest BCUT2D eigenvalue weighted by atomic mass is 10.1. The molecule has 1 aromatic carbocycles. The van der Waals surface area contributed by atoms with Crippen molar-refractivity contribution in [2.24, 2.45) is 0 Å². The molecular weight excluding hydrogens is 232 g/mol. The summed E-state index contributed by atoms with van der Waals surface area (Å²) >= 11 is 0. The number of ether oxygens (including phenoxy) is 2. The highest BCUT2D eigenvalue weighted by atomic mass is 16.5. The molecule has 1 saturated carbocycles. The highest BCUT2D eigenvalue weighted by Gasteiger charge is 2.28. The molecule has 1 aliphatic rings. The van der Waals surface area contributed by atoms with Gasteiger partial charge in [0, 0.05) is 11.6 Å². The van der Waals surface area contributed by atoms with Gasteiger partial charge in [0.25, 0.3) is 0 Å². The summed E-state index contributed by atoms with van der Waals surface area (Å²) in [5.74, 6) is 1.28. The van der Waals surface area contributed by atoms with E-state index in [9.17, 15) is 10.2 Å². The highest BCUT2D eigenvalue weighted by molar-refractivity contribution is 5.42. The van der Waals surface area contributed by atoms with E-state index < -0.39 is 12.2 Å². The third-order valence-corrected chi connectivity index (χ3v) is 3.37. The van der Waals surface area contributed by atoms with E-state index in [4.69, 9.17) is 9.47 Å². The zero-order chi connectivity index (χ0) is 13.1. The Labute approximate surface area is 107 Å². The van der Waals surface area contributed by atoms with Crippen LogP contribution in [0.1, 0.15) is 37.9 Å². The van der Waals surface area contributed by atoms with Crippen molar-refractivity contribution in [3.8, 4) is 11.5 Å². The molecule has 0 aliphatic heterocycles. The molecule has 100 valence electrons. The van der Waals surface area contributed by atoms with Gasteiger partial charge in [0.1, 0.15) is 17.6 Å². The van der Waals surface area contributed by atoms with Gasteiger partial charge in [-0.05, 0) is 38.3 Å². The van der Waals surface area contributed by atoms with Gasteiger partial charge >= 0.3 is 0 Å². The minimum Gasteiger partial charge on any atom is -0.497 e. The van der Waals surface area contributed by atoms with Crippen LogP contribution in [0.15, 0.2) is 18.2 Å². The van der Waals surface area contributed by atoms with Crippen molar-refractivity contribution in [2.45, 2.75) is 44.5 Å². The number of methoxy groups -OCH3 is 1. The largest absolute Gasteiger partial charge is 0.497 e. The van der Waals surface area contributed by atoms with Crippen molar-refractivity contribution >= 4 is 0 Å². The van der Waals surface area contributed by atoms with Crippen LogP contribution in [0.4, 0.5) is 0 Å². The minimum absolute atomic E-state index is 0.186. The summed E-state index contributed by atoms with van der Waals surface area (Å²) < 4.78 is 11.0. The first-order chi connectivity index (χ1) is 8.61. The standard InChI is InChI=1S/C14H20O4/c1-9(15)11-7-6-10(17-2)8-14(11)18-13-5-3-4-12(13)16/h6-9,12-13,15-16H,3-5H2,1-2H3/t9-,12?,13?/m0/s1. The molecule has 3 atom stereocenters. The Morgan fingerprint density at radius 1 is 1.33 bits per heavy atom. The van der Waals surface area contributed by atoms with E-state index in [1.165, 1.54) is 0 Å². The van der Waals surface area contributed by atoms with E-state index in [0.717, 1.165) is 24.8 Å². The quantitative estimate of drug-likeness (QED) is 0.861. The van der Waals surface area contributed by atoms with Crippen LogP contribution in [0.2, 0.25) is 0 Å². The van der Waals surface area contributed by atoms with E-state index in [2.05, 4.69) is 0 Å². The molecule has 0 saturated heterocycles. The van der Waals surface area contributed by atoms with Crippen molar-refractivity contribution in [2.75, 3.05) is 7.11 Å². The van der Waals surface area contributed by atoms with E-state index in [1.54, 1.807) is 32.2 Å². The summed E-state index contributed by atoms with van der Waals surface area (Å²) in [7, 11) is 1.59. The number of hydrogen-bond acceptors (Lipinski definition) is 4. The van der Waals surface area contributed by atoms with E-state index in [-0.39, 0.29) is 6.10 Å². The zero-order valence-corrected chi connectivity index (χ0v) is 10.8. The summed E-state index contributed by atoms with van der Waals surface area (Å²) in [6, 6.07) is 5.34. The van der Waals surface area contributed by atoms with Crippen LogP contribution in [0.5, 0.6) is 11.5 Å². The van der Waals surface area contributed by atoms with Crippen LogP contribution in [0.25, 0.3) is 0 Å². The fourth-order valence-electron chi connectivity index (χ4n) is 2.30. The molecule has 1 aromatic rings. The summed E-state index contributed by atoms with van der Waals surface area (Å²) in [5, 5.41) is 19.5. The van der Waals surface area contributed by atoms with Gasteiger partial charge in [-0.3, -0.25) is 0 Å². The maximum atomic E-state index is 9.79. The normalized spacial score (nSPS) is 24.9. The molecule has 4 nitrogen and oxygen atoms in total. The summed E-state index contributed by atoms with van der Waals surface area (Å²) in [4.78, 5) is 0. The molecule has 0 bridgehead atoms. The molecule has 2 N–H and O–H groups in total. The highest BCUT2D eigenvalue weighted by Crippen LogP contribution is 2.33. The Bertz CT molecular complexity index is 403. The van der Waals surface area contributed by atoms with Gasteiger partial charge < -0.3 is 19.7 Å². The van der Waals surface area contributed by atoms with Crippen molar-refractivity contribution in [3.05, 3.63) is 23.8 Å². The Balaban J connectivity index is 2.23. The third-order valence-electron chi connectivity index (χ3n) is 3.37. The molecule has 0 aromatic heterocycles. The molecule has 18 heavy (non-hydrogen) atoms. The number of aliphatic hydroxyl groups is 2. The van der Waals surface area contributed by atoms with Gasteiger partial charge in [0.2, 0.25) is 0 Å². The van der Waals surface area contributed by atoms with E-state index in [0.29, 0.717) is 11.5 Å². The Morgan fingerprint density at radius 2 is 2.11 bits per heavy atom. The van der Waals surface area contributed by atoms with E-state index in [1.807, 2.05) is 0 Å². The lowest BCUT2D eigenvalue weighted by molar-refractivity contribution is 0.0576. The van der Waals surface area contributed by atoms with Gasteiger partial charge in [-0.15, -0.1) is 0 Å². The SMILES string of the molecule is COc1ccc([C@H](C)O)c(OC2CCCC2O)c1. The predicted octanol–water partition coefficient (Wildman–Crippen LogP) is 2.04. The number of aliphatic hydroxyl groups excluding tert-OH is 2. The third kappa shape index (κ3) is 2.76. The van der Waals surface area contributed by atoms with Crippen LogP contribution in [-0.2, 0) is 0 Å². The first-order valence-electron chi connectivity index (χ1n) is 6.32. The van der Waals surface area contributed by atoms with Crippen LogP contribution in [-0.4, -0.2) is 29.5 Å². The van der Waals surface area contributed by atoms with Crippen LogP contribution < -0.4 is 9.47 Å². The first-order valence-corrected chi connectivity index (χ1v) is 6.32. The van der Waals surface area contributed by atoms with Gasteiger partial charge in [0.05, 0.1) is 19.3 Å². The summed E-state index contributed by atoms with van der Waals surface area (Å²) in [6.45, 7) is 1.69. The number of hydrogen-bond donors (Lipinski definition) is 2. The Hall–Kier alpha value is -1.26. The lowest BCUT2D eigenvalue weighted by Crippen LogP contribution is -2.26. The van der Waals surface area contributed by atoms with Gasteiger partial charge in [0.15, 0.2) is 0 Å². The topological polar surface area (TPSA) is 58.9 Å². The van der Waals surface area contributed by atoms with Gasteiger partial charge in [-0.1, -0.05) is 0 Å². The monoisotopic (exact) mass is 252 g/mol. The van der Waals surface area contributed by atoms with Crippen LogP contribution >= 0.6 is 0 Å². The number of benzene rings is 1. The molecule has 2 unspecified atom stereocenters. The smallest absolute Gasteiger partial charge is 0.129 e. The molecule has 2 rings (SSSR count). The van der Waals surface area contributed by atoms with E-state index >= 15 is 0 Å². The maximum Gasteiger partial charge on any atom is 0.129 e. The second kappa shape index (κ2) is 5.59. The minimum atomic E-state index is -0.607. The average Bonchev–Trinajstić information content (AvgIpc) is 2.74. The predicted molar refractivity (Wildman–Crippen MR) is 67.9 cm³/mol. The van der Waals surface area contributed by atoms with Gasteiger partial charge in [-0.2, -0.15) is 0 Å². The second-order valence-electron chi connectivity index (χ2n) is 4.73. The average molecular weight is 252 g/mol. The molecule has 0 spiro atoms. The van der Waals surface area contributed by atoms with Crippen molar-refractivity contribution < 1.29 is 19.7 Å². The fraction of sp³-hybridized carbons (Fsp3) is 0.571. The molecule has 0 radical (unpaired) electrons. The Morgan fingerprint density at radius 3 is 2.67 bits per heavy atom. The molecule has 4 heteroatoms. The van der Waals surface area contributed by atoms with Crippen molar-refractivity contribution in [3.63, 3.8) is 0 Å². The van der Waals surface area contributed by atoms with Gasteiger partial charge in [-0.25, -0.2) is 0 Å². The molecule has 1 aliphatic carbocycles. The van der Waals surface area contributed by atoms with Crippen molar-refractivity contribution in [1.29, 1.82) is 0 Å². The van der Waals surface area contributed by atoms with Crippen LogP contribution in [0, 0.1) is 0 Å². The lowest BCUT2D eigenvalue weighted by Gasteiger charge is -2.21. The molecule has 1 fully saturated rings. The maximum absolute atomic E-state index is 9.79. The molecular formula is C14H20O4. The summed E-state index contributed by atoms with van der Waals surface area (Å²) in [6.07, 6.45) is 1.38.